The third-order valence-electron chi connectivity index (χ3n) is 2.42. The summed E-state index contributed by atoms with van der Waals surface area (Å²) in [6, 6.07) is 9.02. The third kappa shape index (κ3) is 3.81. The maximum Gasteiger partial charge on any atom is 0.341 e. The Morgan fingerprint density at radius 3 is 2.50 bits per heavy atom. The number of pyridine rings is 1. The van der Waals surface area contributed by atoms with Crippen LogP contribution in [0.25, 0.3) is 0 Å². The van der Waals surface area contributed by atoms with Gasteiger partial charge < -0.3 is 4.74 Å². The fraction of sp³-hybridized carbons (Fsp3) is 0.154. The molecule has 7 heteroatoms. The largest absolute Gasteiger partial charge is 0.462 e. The summed E-state index contributed by atoms with van der Waals surface area (Å²) in [5.74, 6) is 0.0719. The highest BCUT2D eigenvalue weighted by molar-refractivity contribution is 9.10. The van der Waals surface area contributed by atoms with Crippen LogP contribution in [0.15, 0.2) is 42.6 Å². The monoisotopic (exact) mass is 381 g/mol. The van der Waals surface area contributed by atoms with Gasteiger partial charge in [0.1, 0.15) is 0 Å². The standard InChI is InChI=1S/C13H8BrCl2F2NO/c14-13(17,18)12(20-11-3-1-2-6-19-11)9-5-4-8(15)7-10(9)16/h1-7,12H. The summed E-state index contributed by atoms with van der Waals surface area (Å²) in [5, 5.41) is 0.450. The van der Waals surface area contributed by atoms with Gasteiger partial charge in [0, 0.05) is 27.9 Å². The molecule has 0 aliphatic rings. The Bertz CT molecular complexity index is 593. The first-order chi connectivity index (χ1) is 9.38. The molecule has 0 fully saturated rings. The molecular formula is C13H8BrCl2F2NO. The molecule has 2 nitrogen and oxygen atoms in total. The van der Waals surface area contributed by atoms with E-state index in [0.29, 0.717) is 5.02 Å². The maximum absolute atomic E-state index is 13.7. The highest BCUT2D eigenvalue weighted by Crippen LogP contribution is 2.42. The van der Waals surface area contributed by atoms with Crippen molar-refractivity contribution < 1.29 is 13.5 Å². The van der Waals surface area contributed by atoms with Gasteiger partial charge >= 0.3 is 4.83 Å². The third-order valence-corrected chi connectivity index (χ3v) is 3.40. The van der Waals surface area contributed by atoms with Crippen molar-refractivity contribution in [2.45, 2.75) is 10.9 Å². The van der Waals surface area contributed by atoms with E-state index in [1.165, 1.54) is 30.5 Å². The molecule has 1 aromatic heterocycles. The lowest BCUT2D eigenvalue weighted by Crippen LogP contribution is -2.25. The normalized spacial score (nSPS) is 13.1. The van der Waals surface area contributed by atoms with Gasteiger partial charge in [-0.25, -0.2) is 4.98 Å². The molecule has 0 radical (unpaired) electrons. The summed E-state index contributed by atoms with van der Waals surface area (Å²) >= 11 is 14.0. The summed E-state index contributed by atoms with van der Waals surface area (Å²) in [6.45, 7) is 0. The number of alkyl halides is 3. The van der Waals surface area contributed by atoms with Crippen LogP contribution in [0.1, 0.15) is 11.7 Å². The van der Waals surface area contributed by atoms with E-state index in [9.17, 15) is 8.78 Å². The molecule has 0 saturated heterocycles. The van der Waals surface area contributed by atoms with Gasteiger partial charge in [-0.3, -0.25) is 0 Å². The first-order valence-electron chi connectivity index (χ1n) is 5.47. The van der Waals surface area contributed by atoms with E-state index >= 15 is 0 Å². The van der Waals surface area contributed by atoms with Crippen molar-refractivity contribution in [2.75, 3.05) is 0 Å². The van der Waals surface area contributed by atoms with Crippen molar-refractivity contribution in [1.82, 2.24) is 4.98 Å². The van der Waals surface area contributed by atoms with Crippen LogP contribution >= 0.6 is 39.1 Å². The van der Waals surface area contributed by atoms with Gasteiger partial charge in [-0.15, -0.1) is 0 Å². The average molecular weight is 383 g/mol. The number of nitrogens with zero attached hydrogens (tertiary/aromatic N) is 1. The Balaban J connectivity index is 2.38. The summed E-state index contributed by atoms with van der Waals surface area (Å²) in [7, 11) is 0. The molecule has 0 saturated carbocycles. The van der Waals surface area contributed by atoms with Crippen molar-refractivity contribution in [1.29, 1.82) is 0 Å². The van der Waals surface area contributed by atoms with Gasteiger partial charge in [0.05, 0.1) is 0 Å². The van der Waals surface area contributed by atoms with Crippen LogP contribution in [0.3, 0.4) is 0 Å². The van der Waals surface area contributed by atoms with Crippen LogP contribution in [0.4, 0.5) is 8.78 Å². The van der Waals surface area contributed by atoms with E-state index in [1.807, 2.05) is 0 Å². The predicted octanol–water partition coefficient (Wildman–Crippen LogP) is 5.50. The summed E-state index contributed by atoms with van der Waals surface area (Å²) < 4.78 is 32.7. The fourth-order valence-corrected chi connectivity index (χ4v) is 2.41. The molecule has 2 aromatic rings. The van der Waals surface area contributed by atoms with Gasteiger partial charge in [0.25, 0.3) is 0 Å². The highest BCUT2D eigenvalue weighted by Gasteiger charge is 2.41. The molecule has 1 atom stereocenters. The fourth-order valence-electron chi connectivity index (χ4n) is 1.56. The van der Waals surface area contributed by atoms with Crippen LogP contribution in [-0.2, 0) is 0 Å². The van der Waals surface area contributed by atoms with Gasteiger partial charge in [0.15, 0.2) is 0 Å². The Morgan fingerprint density at radius 2 is 1.95 bits per heavy atom. The molecule has 2 rings (SSSR count). The molecule has 0 bridgehead atoms. The number of ether oxygens (including phenoxy) is 1. The smallest absolute Gasteiger partial charge is 0.341 e. The Hall–Kier alpha value is -0.910. The number of hydrogen-bond acceptors (Lipinski definition) is 2. The number of benzene rings is 1. The van der Waals surface area contributed by atoms with Gasteiger partial charge in [-0.1, -0.05) is 35.3 Å². The molecule has 0 spiro atoms. The maximum atomic E-state index is 13.7. The number of hydrogen-bond donors (Lipinski definition) is 0. The van der Waals surface area contributed by atoms with Crippen molar-refractivity contribution in [3.8, 4) is 5.88 Å². The number of rotatable bonds is 4. The first kappa shape index (κ1) is 15.5. The van der Waals surface area contributed by atoms with Gasteiger partial charge in [0.2, 0.25) is 12.0 Å². The number of halogens is 5. The van der Waals surface area contributed by atoms with Crippen molar-refractivity contribution in [3.63, 3.8) is 0 Å². The Labute approximate surface area is 132 Å². The van der Waals surface area contributed by atoms with Crippen LogP contribution < -0.4 is 4.74 Å². The van der Waals surface area contributed by atoms with Crippen molar-refractivity contribution in [2.24, 2.45) is 0 Å². The van der Waals surface area contributed by atoms with Gasteiger partial charge in [-0.05, 0) is 34.1 Å². The second kappa shape index (κ2) is 6.24. The minimum Gasteiger partial charge on any atom is -0.462 e. The highest BCUT2D eigenvalue weighted by atomic mass is 79.9. The molecule has 1 heterocycles. The lowest BCUT2D eigenvalue weighted by Gasteiger charge is -2.24. The van der Waals surface area contributed by atoms with E-state index in [2.05, 4.69) is 20.9 Å². The summed E-state index contributed by atoms with van der Waals surface area (Å²) in [6.07, 6.45) is -0.176. The van der Waals surface area contributed by atoms with Crippen LogP contribution in [0.5, 0.6) is 5.88 Å². The molecule has 1 unspecified atom stereocenters. The molecule has 0 aliphatic carbocycles. The zero-order valence-electron chi connectivity index (χ0n) is 9.86. The Kier molecular flexibility index (Phi) is 4.83. The van der Waals surface area contributed by atoms with Crippen LogP contribution in [0, 0.1) is 0 Å². The second-order valence-corrected chi connectivity index (χ2v) is 5.77. The minimum absolute atomic E-state index is 0.0719. The van der Waals surface area contributed by atoms with E-state index < -0.39 is 10.9 Å². The Morgan fingerprint density at radius 1 is 1.20 bits per heavy atom. The number of aromatic nitrogens is 1. The molecule has 1 aromatic carbocycles. The van der Waals surface area contributed by atoms with E-state index in [-0.39, 0.29) is 16.5 Å². The zero-order chi connectivity index (χ0) is 14.8. The first-order valence-corrected chi connectivity index (χ1v) is 7.02. The van der Waals surface area contributed by atoms with E-state index in [1.54, 1.807) is 12.1 Å². The van der Waals surface area contributed by atoms with Crippen molar-refractivity contribution in [3.05, 3.63) is 58.2 Å². The van der Waals surface area contributed by atoms with E-state index in [4.69, 9.17) is 27.9 Å². The zero-order valence-corrected chi connectivity index (χ0v) is 13.0. The molecule has 106 valence electrons. The second-order valence-electron chi connectivity index (χ2n) is 3.87. The van der Waals surface area contributed by atoms with Crippen LogP contribution in [-0.4, -0.2) is 9.82 Å². The lowest BCUT2D eigenvalue weighted by molar-refractivity contribution is -0.0162. The minimum atomic E-state index is -3.32. The molecule has 0 N–H and O–H groups in total. The lowest BCUT2D eigenvalue weighted by atomic mass is 10.1. The van der Waals surface area contributed by atoms with Crippen molar-refractivity contribution >= 4 is 39.1 Å². The van der Waals surface area contributed by atoms with Crippen LogP contribution in [0.2, 0.25) is 10.0 Å². The van der Waals surface area contributed by atoms with E-state index in [0.717, 1.165) is 0 Å². The van der Waals surface area contributed by atoms with Gasteiger partial charge in [-0.2, -0.15) is 8.78 Å². The quantitative estimate of drug-likeness (QED) is 0.651. The summed E-state index contributed by atoms with van der Waals surface area (Å²) in [4.78, 5) is 0.542. The predicted molar refractivity (Wildman–Crippen MR) is 77.9 cm³/mol. The average Bonchev–Trinajstić information content (AvgIpc) is 2.37. The SMILES string of the molecule is FC(F)(Br)C(Oc1ccccn1)c1ccc(Cl)cc1Cl. The molecule has 0 amide bonds. The summed E-state index contributed by atoms with van der Waals surface area (Å²) in [5.41, 5.74) is 0.114. The topological polar surface area (TPSA) is 22.1 Å². The molecule has 20 heavy (non-hydrogen) atoms. The molecule has 0 aliphatic heterocycles. The molecular weight excluding hydrogens is 375 g/mol.